The summed E-state index contributed by atoms with van der Waals surface area (Å²) in [7, 11) is 3.29. The highest BCUT2D eigenvalue weighted by molar-refractivity contribution is 6.32. The second kappa shape index (κ2) is 4.84. The minimum absolute atomic E-state index is 0.0274. The molecule has 0 spiro atoms. The van der Waals surface area contributed by atoms with Gasteiger partial charge in [0.2, 0.25) is 0 Å². The lowest BCUT2D eigenvalue weighted by molar-refractivity contribution is 0.183. The number of methoxy groups -OCH3 is 2. The molecule has 0 radical (unpaired) electrons. The molecule has 0 aliphatic heterocycles. The summed E-state index contributed by atoms with van der Waals surface area (Å²) in [5.41, 5.74) is 8.39. The predicted molar refractivity (Wildman–Crippen MR) is 68.6 cm³/mol. The maximum absolute atomic E-state index is 6.15. The summed E-state index contributed by atoms with van der Waals surface area (Å²) < 4.78 is 10.4. The van der Waals surface area contributed by atoms with Gasteiger partial charge in [-0.15, -0.1) is 0 Å². The number of halogens is 1. The molecular formula is C13H18ClNO2. The van der Waals surface area contributed by atoms with Crippen LogP contribution >= 0.6 is 11.6 Å². The summed E-state index contributed by atoms with van der Waals surface area (Å²) in [6.45, 7) is 0.555. The first kappa shape index (κ1) is 12.7. The molecule has 0 aromatic heterocycles. The summed E-state index contributed by atoms with van der Waals surface area (Å²) >= 11 is 6.14. The zero-order chi connectivity index (χ0) is 12.5. The monoisotopic (exact) mass is 255 g/mol. The third kappa shape index (κ3) is 2.92. The van der Waals surface area contributed by atoms with Gasteiger partial charge in [0.15, 0.2) is 0 Å². The third-order valence-corrected chi connectivity index (χ3v) is 3.50. The Kier molecular flexibility index (Phi) is 3.61. The number of ether oxygens (including phenoxy) is 2. The highest BCUT2D eigenvalue weighted by Gasteiger charge is 2.38. The standard InChI is InChI=1S/C13H18ClNO2/c1-16-8-10-6-12(17-2)11(14)5-9(10)7-13(15)3-4-13/h5-6H,3-4,7-8,15H2,1-2H3. The van der Waals surface area contributed by atoms with Crippen LogP contribution in [0.2, 0.25) is 5.02 Å². The van der Waals surface area contributed by atoms with Gasteiger partial charge in [0, 0.05) is 12.6 Å². The SMILES string of the molecule is COCc1cc(OC)c(Cl)cc1CC1(N)CC1. The lowest BCUT2D eigenvalue weighted by Gasteiger charge is -2.15. The summed E-state index contributed by atoms with van der Waals surface area (Å²) in [6.07, 6.45) is 3.03. The predicted octanol–water partition coefficient (Wildman–Crippen LogP) is 2.53. The molecule has 2 rings (SSSR count). The van der Waals surface area contributed by atoms with Gasteiger partial charge in [0.1, 0.15) is 5.75 Å². The van der Waals surface area contributed by atoms with E-state index >= 15 is 0 Å². The molecule has 1 aromatic carbocycles. The van der Waals surface area contributed by atoms with Crippen LogP contribution in [0.5, 0.6) is 5.75 Å². The third-order valence-electron chi connectivity index (χ3n) is 3.21. The van der Waals surface area contributed by atoms with Crippen LogP contribution in [0.4, 0.5) is 0 Å². The lowest BCUT2D eigenvalue weighted by atomic mass is 9.99. The van der Waals surface area contributed by atoms with Crippen molar-refractivity contribution in [2.24, 2.45) is 5.73 Å². The van der Waals surface area contributed by atoms with Crippen LogP contribution in [0.1, 0.15) is 24.0 Å². The van der Waals surface area contributed by atoms with E-state index in [1.165, 1.54) is 0 Å². The fourth-order valence-electron chi connectivity index (χ4n) is 1.96. The molecule has 1 fully saturated rings. The van der Waals surface area contributed by atoms with E-state index in [1.807, 2.05) is 12.1 Å². The Bertz CT molecular complexity index is 416. The van der Waals surface area contributed by atoms with Crippen LogP contribution in [0.25, 0.3) is 0 Å². The van der Waals surface area contributed by atoms with Crippen molar-refractivity contribution in [3.05, 3.63) is 28.3 Å². The topological polar surface area (TPSA) is 44.5 Å². The highest BCUT2D eigenvalue weighted by Crippen LogP contribution is 2.38. The first-order valence-corrected chi connectivity index (χ1v) is 6.09. The molecular weight excluding hydrogens is 238 g/mol. The normalized spacial score (nSPS) is 16.9. The van der Waals surface area contributed by atoms with Gasteiger partial charge in [0.05, 0.1) is 18.7 Å². The van der Waals surface area contributed by atoms with Gasteiger partial charge in [-0.3, -0.25) is 0 Å². The molecule has 1 aliphatic carbocycles. The lowest BCUT2D eigenvalue weighted by Crippen LogP contribution is -2.25. The summed E-state index contributed by atoms with van der Waals surface area (Å²) in [5, 5.41) is 0.631. The number of benzene rings is 1. The maximum Gasteiger partial charge on any atom is 0.137 e. The molecule has 0 bridgehead atoms. The minimum Gasteiger partial charge on any atom is -0.495 e. The van der Waals surface area contributed by atoms with Gasteiger partial charge in [-0.2, -0.15) is 0 Å². The maximum atomic E-state index is 6.15. The van der Waals surface area contributed by atoms with Gasteiger partial charge in [0.25, 0.3) is 0 Å². The molecule has 1 aromatic rings. The Labute approximate surface area is 107 Å². The average Bonchev–Trinajstić information content (AvgIpc) is 3.00. The molecule has 2 N–H and O–H groups in total. The van der Waals surface area contributed by atoms with Gasteiger partial charge >= 0.3 is 0 Å². The highest BCUT2D eigenvalue weighted by atomic mass is 35.5. The molecule has 0 atom stereocenters. The van der Waals surface area contributed by atoms with E-state index < -0.39 is 0 Å². The molecule has 17 heavy (non-hydrogen) atoms. The van der Waals surface area contributed by atoms with Crippen molar-refractivity contribution in [3.63, 3.8) is 0 Å². The van der Waals surface area contributed by atoms with Crippen LogP contribution in [-0.2, 0) is 17.8 Å². The molecule has 0 heterocycles. The summed E-state index contributed by atoms with van der Waals surface area (Å²) in [6, 6.07) is 3.88. The number of hydrogen-bond acceptors (Lipinski definition) is 3. The van der Waals surface area contributed by atoms with Crippen molar-refractivity contribution < 1.29 is 9.47 Å². The molecule has 94 valence electrons. The Morgan fingerprint density at radius 3 is 2.53 bits per heavy atom. The van der Waals surface area contributed by atoms with Crippen LogP contribution < -0.4 is 10.5 Å². The van der Waals surface area contributed by atoms with Crippen molar-refractivity contribution in [2.45, 2.75) is 31.4 Å². The molecule has 4 heteroatoms. The molecule has 0 saturated heterocycles. The molecule has 0 unspecified atom stereocenters. The average molecular weight is 256 g/mol. The molecule has 1 saturated carbocycles. The fraction of sp³-hybridized carbons (Fsp3) is 0.538. The first-order chi connectivity index (χ1) is 8.08. The second-order valence-corrected chi connectivity index (χ2v) is 5.13. The first-order valence-electron chi connectivity index (χ1n) is 5.71. The van der Waals surface area contributed by atoms with E-state index in [0.29, 0.717) is 17.4 Å². The minimum atomic E-state index is -0.0274. The van der Waals surface area contributed by atoms with E-state index in [0.717, 1.165) is 30.4 Å². The number of hydrogen-bond donors (Lipinski definition) is 1. The summed E-state index contributed by atoms with van der Waals surface area (Å²) in [5.74, 6) is 0.685. The van der Waals surface area contributed by atoms with Crippen LogP contribution in [-0.4, -0.2) is 19.8 Å². The van der Waals surface area contributed by atoms with E-state index in [1.54, 1.807) is 14.2 Å². The fourth-order valence-corrected chi connectivity index (χ4v) is 2.23. The Morgan fingerprint density at radius 2 is 2.00 bits per heavy atom. The van der Waals surface area contributed by atoms with Gasteiger partial charge in [-0.25, -0.2) is 0 Å². The van der Waals surface area contributed by atoms with Gasteiger partial charge in [-0.1, -0.05) is 11.6 Å². The Balaban J connectivity index is 2.30. The van der Waals surface area contributed by atoms with E-state index in [2.05, 4.69) is 0 Å². The van der Waals surface area contributed by atoms with Crippen molar-refractivity contribution in [1.82, 2.24) is 0 Å². The smallest absolute Gasteiger partial charge is 0.137 e. The van der Waals surface area contributed by atoms with Crippen molar-refractivity contribution >= 4 is 11.6 Å². The zero-order valence-corrected chi connectivity index (χ0v) is 11.0. The summed E-state index contributed by atoms with van der Waals surface area (Å²) in [4.78, 5) is 0. The van der Waals surface area contributed by atoms with E-state index in [9.17, 15) is 0 Å². The Hall–Kier alpha value is -0.770. The quantitative estimate of drug-likeness (QED) is 0.879. The number of rotatable bonds is 5. The van der Waals surface area contributed by atoms with Crippen molar-refractivity contribution in [2.75, 3.05) is 14.2 Å². The van der Waals surface area contributed by atoms with Crippen molar-refractivity contribution in [1.29, 1.82) is 0 Å². The molecule has 3 nitrogen and oxygen atoms in total. The van der Waals surface area contributed by atoms with E-state index in [-0.39, 0.29) is 5.54 Å². The molecule has 1 aliphatic rings. The molecule has 0 amide bonds. The van der Waals surface area contributed by atoms with Crippen molar-refractivity contribution in [3.8, 4) is 5.75 Å². The van der Waals surface area contributed by atoms with Crippen LogP contribution in [0.15, 0.2) is 12.1 Å². The van der Waals surface area contributed by atoms with E-state index in [4.69, 9.17) is 26.8 Å². The largest absolute Gasteiger partial charge is 0.495 e. The zero-order valence-electron chi connectivity index (χ0n) is 10.3. The Morgan fingerprint density at radius 1 is 1.29 bits per heavy atom. The number of nitrogens with two attached hydrogens (primary N) is 1. The second-order valence-electron chi connectivity index (χ2n) is 4.73. The van der Waals surface area contributed by atoms with Gasteiger partial charge < -0.3 is 15.2 Å². The van der Waals surface area contributed by atoms with Crippen LogP contribution in [0, 0.1) is 0 Å². The van der Waals surface area contributed by atoms with Crippen LogP contribution in [0.3, 0.4) is 0 Å². The van der Waals surface area contributed by atoms with Gasteiger partial charge in [-0.05, 0) is 42.5 Å².